The van der Waals surface area contributed by atoms with Crippen LogP contribution in [0.25, 0.3) is 0 Å². The number of hydrogen-bond donors (Lipinski definition) is 2. The molecular weight excluding hydrogens is 266 g/mol. The largest absolute Gasteiger partial charge is 0.478 e. The van der Waals surface area contributed by atoms with Crippen LogP contribution < -0.4 is 4.90 Å². The highest BCUT2D eigenvalue weighted by Gasteiger charge is 2.25. The predicted molar refractivity (Wildman–Crippen MR) is 75.1 cm³/mol. The van der Waals surface area contributed by atoms with Gasteiger partial charge in [0.05, 0.1) is 11.3 Å². The van der Waals surface area contributed by atoms with Crippen LogP contribution in [0.1, 0.15) is 36.0 Å². The maximum absolute atomic E-state index is 11.3. The first-order valence-corrected chi connectivity index (χ1v) is 6.91. The summed E-state index contributed by atoms with van der Waals surface area (Å²) in [7, 11) is 0. The number of carboxylic acids is 1. The summed E-state index contributed by atoms with van der Waals surface area (Å²) >= 11 is 5.88. The number of piperidine rings is 1. The van der Waals surface area contributed by atoms with Gasteiger partial charge in [0.2, 0.25) is 0 Å². The van der Waals surface area contributed by atoms with E-state index < -0.39 is 5.97 Å². The molecule has 1 heterocycles. The fourth-order valence-corrected chi connectivity index (χ4v) is 2.87. The lowest BCUT2D eigenvalue weighted by atomic mass is 9.97. The van der Waals surface area contributed by atoms with E-state index in [9.17, 15) is 9.90 Å². The van der Waals surface area contributed by atoms with Crippen LogP contribution in [0.2, 0.25) is 5.02 Å². The smallest absolute Gasteiger partial charge is 0.337 e. The lowest BCUT2D eigenvalue weighted by molar-refractivity contribution is 0.0697. The van der Waals surface area contributed by atoms with Gasteiger partial charge in [0.25, 0.3) is 0 Å². The van der Waals surface area contributed by atoms with Crippen molar-refractivity contribution in [2.24, 2.45) is 0 Å². The quantitative estimate of drug-likeness (QED) is 0.892. The van der Waals surface area contributed by atoms with E-state index in [2.05, 4.69) is 4.90 Å². The van der Waals surface area contributed by atoms with Crippen LogP contribution in [-0.2, 0) is 0 Å². The molecule has 1 aliphatic rings. The van der Waals surface area contributed by atoms with Crippen LogP contribution in [0.4, 0.5) is 5.69 Å². The number of nitrogens with zero attached hydrogens (tertiary/aromatic N) is 1. The second kappa shape index (κ2) is 6.26. The van der Waals surface area contributed by atoms with Gasteiger partial charge < -0.3 is 15.1 Å². The number of aliphatic hydroxyl groups excluding tert-OH is 1. The molecule has 19 heavy (non-hydrogen) atoms. The molecule has 0 saturated carbocycles. The van der Waals surface area contributed by atoms with Crippen molar-refractivity contribution >= 4 is 23.3 Å². The third-order valence-corrected chi connectivity index (χ3v) is 3.82. The fourth-order valence-electron chi connectivity index (χ4n) is 2.70. The molecule has 1 atom stereocenters. The van der Waals surface area contributed by atoms with E-state index in [-0.39, 0.29) is 18.2 Å². The van der Waals surface area contributed by atoms with E-state index in [0.29, 0.717) is 17.1 Å². The molecule has 4 nitrogen and oxygen atoms in total. The van der Waals surface area contributed by atoms with E-state index in [1.54, 1.807) is 12.1 Å². The van der Waals surface area contributed by atoms with Gasteiger partial charge in [-0.25, -0.2) is 4.79 Å². The summed E-state index contributed by atoms with van der Waals surface area (Å²) < 4.78 is 0. The third-order valence-electron chi connectivity index (χ3n) is 3.59. The third kappa shape index (κ3) is 3.19. The molecule has 1 aliphatic heterocycles. The van der Waals surface area contributed by atoms with Crippen molar-refractivity contribution in [1.29, 1.82) is 0 Å². The number of carbonyl (C=O) groups is 1. The molecule has 2 N–H and O–H groups in total. The van der Waals surface area contributed by atoms with E-state index in [4.69, 9.17) is 16.7 Å². The monoisotopic (exact) mass is 283 g/mol. The SMILES string of the molecule is O=C(O)c1cc(Cl)ccc1N1CCCCC1CCO. The first-order chi connectivity index (χ1) is 9.13. The Hall–Kier alpha value is -1.26. The zero-order chi connectivity index (χ0) is 13.8. The molecule has 0 aromatic heterocycles. The number of rotatable bonds is 4. The molecule has 1 aromatic rings. The average Bonchev–Trinajstić information content (AvgIpc) is 2.40. The van der Waals surface area contributed by atoms with Gasteiger partial charge in [0.1, 0.15) is 0 Å². The lowest BCUT2D eigenvalue weighted by Gasteiger charge is -2.38. The number of aliphatic hydroxyl groups is 1. The number of hydrogen-bond acceptors (Lipinski definition) is 3. The summed E-state index contributed by atoms with van der Waals surface area (Å²) in [6, 6.07) is 5.18. The van der Waals surface area contributed by atoms with Crippen LogP contribution in [0.15, 0.2) is 18.2 Å². The number of aromatic carboxylic acids is 1. The molecule has 0 aliphatic carbocycles. The van der Waals surface area contributed by atoms with Crippen molar-refractivity contribution in [2.75, 3.05) is 18.1 Å². The second-order valence-corrected chi connectivity index (χ2v) is 5.26. The maximum atomic E-state index is 11.3. The Morgan fingerprint density at radius 1 is 1.42 bits per heavy atom. The average molecular weight is 284 g/mol. The van der Waals surface area contributed by atoms with Crippen molar-refractivity contribution < 1.29 is 15.0 Å². The van der Waals surface area contributed by atoms with Crippen LogP contribution in [0.5, 0.6) is 0 Å². The summed E-state index contributed by atoms with van der Waals surface area (Å²) in [5.41, 5.74) is 0.937. The minimum atomic E-state index is -0.967. The number of carboxylic acid groups (broad SMARTS) is 1. The minimum absolute atomic E-state index is 0.122. The topological polar surface area (TPSA) is 60.8 Å². The molecule has 104 valence electrons. The van der Waals surface area contributed by atoms with Crippen molar-refractivity contribution in [1.82, 2.24) is 0 Å². The Balaban J connectivity index is 2.35. The molecule has 1 fully saturated rings. The lowest BCUT2D eigenvalue weighted by Crippen LogP contribution is -2.41. The minimum Gasteiger partial charge on any atom is -0.478 e. The summed E-state index contributed by atoms with van der Waals surface area (Å²) in [5.74, 6) is -0.967. The zero-order valence-corrected chi connectivity index (χ0v) is 11.4. The standard InChI is InChI=1S/C14H18ClNO3/c15-10-4-5-13(12(9-10)14(18)19)16-7-2-1-3-11(16)6-8-17/h4-5,9,11,17H,1-3,6-8H2,(H,18,19). The van der Waals surface area contributed by atoms with Crippen molar-refractivity contribution in [3.05, 3.63) is 28.8 Å². The molecule has 1 unspecified atom stereocenters. The molecule has 0 radical (unpaired) electrons. The Morgan fingerprint density at radius 3 is 2.89 bits per heavy atom. The molecule has 0 amide bonds. The molecule has 0 bridgehead atoms. The first-order valence-electron chi connectivity index (χ1n) is 6.54. The Morgan fingerprint density at radius 2 is 2.21 bits per heavy atom. The second-order valence-electron chi connectivity index (χ2n) is 4.82. The highest BCUT2D eigenvalue weighted by Crippen LogP contribution is 2.31. The van der Waals surface area contributed by atoms with Gasteiger partial charge >= 0.3 is 5.97 Å². The highest BCUT2D eigenvalue weighted by molar-refractivity contribution is 6.31. The van der Waals surface area contributed by atoms with Crippen LogP contribution in [-0.4, -0.2) is 35.4 Å². The molecule has 1 saturated heterocycles. The van der Waals surface area contributed by atoms with Gasteiger partial charge in [0.15, 0.2) is 0 Å². The first kappa shape index (κ1) is 14.2. The van der Waals surface area contributed by atoms with E-state index in [1.165, 1.54) is 6.07 Å². The van der Waals surface area contributed by atoms with E-state index >= 15 is 0 Å². The van der Waals surface area contributed by atoms with Crippen molar-refractivity contribution in [2.45, 2.75) is 31.7 Å². The van der Waals surface area contributed by atoms with Gasteiger partial charge in [-0.05, 0) is 43.9 Å². The molecule has 5 heteroatoms. The van der Waals surface area contributed by atoms with Crippen LogP contribution in [0.3, 0.4) is 0 Å². The van der Waals surface area contributed by atoms with Gasteiger partial charge in [-0.3, -0.25) is 0 Å². The van der Waals surface area contributed by atoms with Gasteiger partial charge in [-0.15, -0.1) is 0 Å². The summed E-state index contributed by atoms with van der Waals surface area (Å²) in [6.07, 6.45) is 3.82. The van der Waals surface area contributed by atoms with Gasteiger partial charge in [0, 0.05) is 24.2 Å². The summed E-state index contributed by atoms with van der Waals surface area (Å²) in [5, 5.41) is 18.9. The number of benzene rings is 1. The molecule has 2 rings (SSSR count). The van der Waals surface area contributed by atoms with Crippen molar-refractivity contribution in [3.63, 3.8) is 0 Å². The van der Waals surface area contributed by atoms with Crippen LogP contribution in [0, 0.1) is 0 Å². The van der Waals surface area contributed by atoms with Crippen LogP contribution >= 0.6 is 11.6 Å². The summed E-state index contributed by atoms with van der Waals surface area (Å²) in [6.45, 7) is 0.948. The normalized spacial score (nSPS) is 19.5. The Bertz CT molecular complexity index is 462. The zero-order valence-electron chi connectivity index (χ0n) is 10.7. The van der Waals surface area contributed by atoms with Gasteiger partial charge in [-0.1, -0.05) is 11.6 Å². The Kier molecular flexibility index (Phi) is 4.66. The molecular formula is C14H18ClNO3. The van der Waals surface area contributed by atoms with E-state index in [1.807, 2.05) is 0 Å². The number of halogens is 1. The number of anilines is 1. The van der Waals surface area contributed by atoms with Gasteiger partial charge in [-0.2, -0.15) is 0 Å². The van der Waals surface area contributed by atoms with Crippen molar-refractivity contribution in [3.8, 4) is 0 Å². The van der Waals surface area contributed by atoms with E-state index in [0.717, 1.165) is 25.8 Å². The summed E-state index contributed by atoms with van der Waals surface area (Å²) in [4.78, 5) is 13.4. The highest BCUT2D eigenvalue weighted by atomic mass is 35.5. The Labute approximate surface area is 117 Å². The fraction of sp³-hybridized carbons (Fsp3) is 0.500. The molecule has 1 aromatic carbocycles. The predicted octanol–water partition coefficient (Wildman–Crippen LogP) is 2.78. The maximum Gasteiger partial charge on any atom is 0.337 e. The molecule has 0 spiro atoms.